The van der Waals surface area contributed by atoms with Gasteiger partial charge in [-0.3, -0.25) is 9.59 Å². The van der Waals surface area contributed by atoms with Crippen molar-refractivity contribution in [3.63, 3.8) is 0 Å². The molecule has 0 atom stereocenters. The topological polar surface area (TPSA) is 68.3 Å². The number of carbonyl (C=O) groups is 1. The summed E-state index contributed by atoms with van der Waals surface area (Å²) in [5.74, 6) is -0.104. The fourth-order valence-corrected chi connectivity index (χ4v) is 2.52. The fraction of sp³-hybridized carbons (Fsp3) is 0.500. The highest BCUT2D eigenvalue weighted by Gasteiger charge is 2.34. The van der Waals surface area contributed by atoms with Crippen LogP contribution in [0, 0.1) is 5.41 Å². The number of hydrogen-bond donors (Lipinski definition) is 1. The van der Waals surface area contributed by atoms with E-state index in [1.165, 1.54) is 10.6 Å². The van der Waals surface area contributed by atoms with Gasteiger partial charge in [-0.15, -0.1) is 0 Å². The predicted octanol–water partition coefficient (Wildman–Crippen LogP) is 0.914. The summed E-state index contributed by atoms with van der Waals surface area (Å²) in [5, 5.41) is 0. The summed E-state index contributed by atoms with van der Waals surface area (Å²) < 4.78 is 1.44. The van der Waals surface area contributed by atoms with Gasteiger partial charge in [0.1, 0.15) is 0 Å². The van der Waals surface area contributed by atoms with E-state index in [0.717, 1.165) is 12.8 Å². The summed E-state index contributed by atoms with van der Waals surface area (Å²) in [5.41, 5.74) is 5.84. The number of piperidine rings is 1. The zero-order valence-corrected chi connectivity index (χ0v) is 12.6. The van der Waals surface area contributed by atoms with E-state index in [4.69, 9.17) is 18.0 Å². The van der Waals surface area contributed by atoms with E-state index >= 15 is 0 Å². The second kappa shape index (κ2) is 5.36. The standard InChI is InChI=1S/C14H19N3O2S/c1-14(13(15)20)4-7-17(8-5-14)12(19)10-3-6-16(2)11(18)9-10/h3,6,9H,4-5,7-8H2,1-2H3,(H2,15,20). The van der Waals surface area contributed by atoms with Gasteiger partial charge in [-0.05, 0) is 18.9 Å². The molecule has 1 aromatic heterocycles. The van der Waals surface area contributed by atoms with Crippen molar-refractivity contribution in [2.75, 3.05) is 13.1 Å². The molecular formula is C14H19N3O2S. The molecule has 5 nitrogen and oxygen atoms in total. The third-order valence-electron chi connectivity index (χ3n) is 4.10. The van der Waals surface area contributed by atoms with Crippen molar-refractivity contribution in [1.82, 2.24) is 9.47 Å². The maximum Gasteiger partial charge on any atom is 0.254 e. The lowest BCUT2D eigenvalue weighted by Gasteiger charge is -2.38. The first kappa shape index (κ1) is 14.7. The van der Waals surface area contributed by atoms with Crippen LogP contribution in [-0.2, 0) is 7.05 Å². The van der Waals surface area contributed by atoms with Gasteiger partial charge >= 0.3 is 0 Å². The fourth-order valence-electron chi connectivity index (χ4n) is 2.31. The first-order chi connectivity index (χ1) is 9.33. The molecule has 1 amide bonds. The first-order valence-corrected chi connectivity index (χ1v) is 7.00. The molecule has 1 aromatic rings. The van der Waals surface area contributed by atoms with Gasteiger partial charge in [0, 0.05) is 43.4 Å². The van der Waals surface area contributed by atoms with Gasteiger partial charge < -0.3 is 15.2 Å². The first-order valence-electron chi connectivity index (χ1n) is 6.59. The Hall–Kier alpha value is -1.69. The molecule has 20 heavy (non-hydrogen) atoms. The van der Waals surface area contributed by atoms with Crippen LogP contribution in [0.4, 0.5) is 0 Å². The minimum absolute atomic E-state index is 0.104. The summed E-state index contributed by atoms with van der Waals surface area (Å²) in [6, 6.07) is 3.05. The molecule has 0 aromatic carbocycles. The SMILES string of the molecule is Cn1ccc(C(=O)N2CCC(C)(C(N)=S)CC2)cc1=O. The lowest BCUT2D eigenvalue weighted by molar-refractivity contribution is 0.0670. The Morgan fingerprint density at radius 1 is 1.40 bits per heavy atom. The minimum atomic E-state index is -0.180. The maximum atomic E-state index is 12.4. The normalized spacial score (nSPS) is 17.8. The van der Waals surface area contributed by atoms with Gasteiger partial charge in [-0.25, -0.2) is 0 Å². The summed E-state index contributed by atoms with van der Waals surface area (Å²) in [6.07, 6.45) is 3.14. The number of pyridine rings is 1. The minimum Gasteiger partial charge on any atom is -0.393 e. The smallest absolute Gasteiger partial charge is 0.254 e. The van der Waals surface area contributed by atoms with E-state index in [1.54, 1.807) is 24.2 Å². The van der Waals surface area contributed by atoms with Crippen LogP contribution in [0.5, 0.6) is 0 Å². The Balaban J connectivity index is 2.10. The van der Waals surface area contributed by atoms with Crippen LogP contribution in [0.1, 0.15) is 30.1 Å². The number of aryl methyl sites for hydroxylation is 1. The van der Waals surface area contributed by atoms with Crippen molar-refractivity contribution < 1.29 is 4.79 Å². The Kier molecular flexibility index (Phi) is 3.94. The van der Waals surface area contributed by atoms with E-state index in [-0.39, 0.29) is 16.9 Å². The molecule has 1 aliphatic rings. The third-order valence-corrected chi connectivity index (χ3v) is 4.59. The number of hydrogen-bond acceptors (Lipinski definition) is 3. The second-order valence-electron chi connectivity index (χ2n) is 5.58. The average molecular weight is 293 g/mol. The van der Waals surface area contributed by atoms with Crippen LogP contribution < -0.4 is 11.3 Å². The Labute approximate surface area is 123 Å². The quantitative estimate of drug-likeness (QED) is 0.823. The predicted molar refractivity (Wildman–Crippen MR) is 81.7 cm³/mol. The van der Waals surface area contributed by atoms with Crippen LogP contribution in [0.15, 0.2) is 23.1 Å². The van der Waals surface area contributed by atoms with Crippen LogP contribution in [0.25, 0.3) is 0 Å². The molecule has 0 saturated carbocycles. The van der Waals surface area contributed by atoms with Crippen LogP contribution in [-0.4, -0.2) is 33.5 Å². The monoisotopic (exact) mass is 293 g/mol. The molecule has 1 aliphatic heterocycles. The van der Waals surface area contributed by atoms with Gasteiger partial charge in [-0.1, -0.05) is 19.1 Å². The van der Waals surface area contributed by atoms with Crippen molar-refractivity contribution in [3.05, 3.63) is 34.2 Å². The van der Waals surface area contributed by atoms with Crippen molar-refractivity contribution in [3.8, 4) is 0 Å². The summed E-state index contributed by atoms with van der Waals surface area (Å²) in [7, 11) is 1.66. The molecule has 2 heterocycles. The van der Waals surface area contributed by atoms with Gasteiger partial charge in [0.15, 0.2) is 0 Å². The summed E-state index contributed by atoms with van der Waals surface area (Å²) >= 11 is 5.09. The molecule has 2 rings (SSSR count). The van der Waals surface area contributed by atoms with Gasteiger partial charge in [0.2, 0.25) is 0 Å². The molecular weight excluding hydrogens is 274 g/mol. The number of carbonyl (C=O) groups excluding carboxylic acids is 1. The molecule has 6 heteroatoms. The molecule has 2 N–H and O–H groups in total. The number of aromatic nitrogens is 1. The van der Waals surface area contributed by atoms with Crippen molar-refractivity contribution in [2.45, 2.75) is 19.8 Å². The van der Waals surface area contributed by atoms with Crippen LogP contribution in [0.3, 0.4) is 0 Å². The van der Waals surface area contributed by atoms with Crippen LogP contribution in [0.2, 0.25) is 0 Å². The van der Waals surface area contributed by atoms with Crippen molar-refractivity contribution >= 4 is 23.1 Å². The van der Waals surface area contributed by atoms with Gasteiger partial charge in [0.05, 0.1) is 4.99 Å². The third kappa shape index (κ3) is 2.75. The number of nitrogens with zero attached hydrogens (tertiary/aromatic N) is 2. The summed E-state index contributed by atoms with van der Waals surface area (Å²) in [4.78, 5) is 26.2. The van der Waals surface area contributed by atoms with E-state index < -0.39 is 0 Å². The van der Waals surface area contributed by atoms with Gasteiger partial charge in [0.25, 0.3) is 11.5 Å². The Bertz CT molecular complexity index is 601. The second-order valence-corrected chi connectivity index (χ2v) is 6.02. The molecule has 0 unspecified atom stereocenters. The lowest BCUT2D eigenvalue weighted by atomic mass is 9.80. The molecule has 108 valence electrons. The van der Waals surface area contributed by atoms with E-state index in [1.807, 2.05) is 6.92 Å². The molecule has 0 bridgehead atoms. The number of nitrogens with two attached hydrogens (primary N) is 1. The number of thiocarbonyl (C=S) groups is 1. The van der Waals surface area contributed by atoms with E-state index in [9.17, 15) is 9.59 Å². The summed E-state index contributed by atoms with van der Waals surface area (Å²) in [6.45, 7) is 3.26. The molecule has 1 saturated heterocycles. The molecule has 0 aliphatic carbocycles. The number of likely N-dealkylation sites (tertiary alicyclic amines) is 1. The zero-order valence-electron chi connectivity index (χ0n) is 11.8. The highest BCUT2D eigenvalue weighted by Crippen LogP contribution is 2.31. The molecule has 0 radical (unpaired) electrons. The van der Waals surface area contributed by atoms with Crippen molar-refractivity contribution in [2.24, 2.45) is 18.2 Å². The van der Waals surface area contributed by atoms with E-state index in [0.29, 0.717) is 23.6 Å². The Morgan fingerprint density at radius 3 is 2.50 bits per heavy atom. The lowest BCUT2D eigenvalue weighted by Crippen LogP contribution is -2.46. The molecule has 1 fully saturated rings. The number of rotatable bonds is 2. The number of amides is 1. The zero-order chi connectivity index (χ0) is 14.9. The maximum absolute atomic E-state index is 12.4. The largest absolute Gasteiger partial charge is 0.393 e. The van der Waals surface area contributed by atoms with Crippen LogP contribution >= 0.6 is 12.2 Å². The van der Waals surface area contributed by atoms with Gasteiger partial charge in [-0.2, -0.15) is 0 Å². The average Bonchev–Trinajstić information content (AvgIpc) is 2.42. The van der Waals surface area contributed by atoms with E-state index in [2.05, 4.69) is 0 Å². The van der Waals surface area contributed by atoms with Crippen molar-refractivity contribution in [1.29, 1.82) is 0 Å². The Morgan fingerprint density at radius 2 is 2.00 bits per heavy atom. The highest BCUT2D eigenvalue weighted by molar-refractivity contribution is 7.80. The molecule has 0 spiro atoms. The highest BCUT2D eigenvalue weighted by atomic mass is 32.1.